The average Bonchev–Trinajstić information content (AvgIpc) is 3.07. The van der Waals surface area contributed by atoms with Crippen molar-refractivity contribution in [2.24, 2.45) is 5.92 Å². The van der Waals surface area contributed by atoms with Crippen LogP contribution in [0.2, 0.25) is 0 Å². The molecule has 0 saturated heterocycles. The first kappa shape index (κ1) is 8.49. The van der Waals surface area contributed by atoms with Crippen molar-refractivity contribution in [3.8, 4) is 6.07 Å². The van der Waals surface area contributed by atoms with Crippen LogP contribution in [0.5, 0.6) is 0 Å². The van der Waals surface area contributed by atoms with Gasteiger partial charge in [-0.05, 0) is 22.8 Å². The van der Waals surface area contributed by atoms with Gasteiger partial charge in [0, 0.05) is 5.92 Å². The van der Waals surface area contributed by atoms with Gasteiger partial charge in [0.2, 0.25) is 0 Å². The molecule has 15 heavy (non-hydrogen) atoms. The van der Waals surface area contributed by atoms with Gasteiger partial charge in [0.05, 0.1) is 12.0 Å². The molecule has 0 unspecified atom stereocenters. The summed E-state index contributed by atoms with van der Waals surface area (Å²) in [6.45, 7) is 0. The molecular weight excluding hydrogens is 182 g/mol. The van der Waals surface area contributed by atoms with E-state index in [0.717, 1.165) is 6.42 Å². The molecule has 2 aromatic rings. The third kappa shape index (κ3) is 1.30. The van der Waals surface area contributed by atoms with Gasteiger partial charge in [0.1, 0.15) is 0 Å². The Morgan fingerprint density at radius 3 is 2.67 bits per heavy atom. The molecule has 0 heterocycles. The van der Waals surface area contributed by atoms with E-state index in [2.05, 4.69) is 48.5 Å². The van der Waals surface area contributed by atoms with Gasteiger partial charge in [0.15, 0.2) is 0 Å². The maximum Gasteiger partial charge on any atom is 0.0662 e. The number of hydrogen-bond acceptors (Lipinski definition) is 1. The van der Waals surface area contributed by atoms with E-state index in [1.807, 2.05) is 0 Å². The molecule has 0 aromatic heterocycles. The van der Waals surface area contributed by atoms with Crippen molar-refractivity contribution >= 4 is 10.8 Å². The highest BCUT2D eigenvalue weighted by molar-refractivity contribution is 5.86. The van der Waals surface area contributed by atoms with Gasteiger partial charge in [-0.2, -0.15) is 5.26 Å². The summed E-state index contributed by atoms with van der Waals surface area (Å²) >= 11 is 0. The van der Waals surface area contributed by atoms with Gasteiger partial charge in [-0.25, -0.2) is 0 Å². The smallest absolute Gasteiger partial charge is 0.0662 e. The second-order valence-electron chi connectivity index (χ2n) is 4.15. The Balaban J connectivity index is 2.16. The van der Waals surface area contributed by atoms with E-state index in [-0.39, 0.29) is 5.92 Å². The van der Waals surface area contributed by atoms with Gasteiger partial charge in [-0.3, -0.25) is 0 Å². The zero-order valence-electron chi connectivity index (χ0n) is 8.35. The molecule has 1 aliphatic rings. The predicted octanol–water partition coefficient (Wildman–Crippen LogP) is 3.47. The average molecular weight is 193 g/mol. The topological polar surface area (TPSA) is 23.8 Å². The molecule has 1 fully saturated rings. The molecule has 1 aliphatic carbocycles. The minimum atomic E-state index is 0.246. The molecule has 2 atom stereocenters. The Hall–Kier alpha value is -1.81. The number of nitriles is 1. The van der Waals surface area contributed by atoms with Crippen LogP contribution >= 0.6 is 0 Å². The second-order valence-corrected chi connectivity index (χ2v) is 4.15. The van der Waals surface area contributed by atoms with Crippen LogP contribution in [0.3, 0.4) is 0 Å². The first-order chi connectivity index (χ1) is 7.40. The summed E-state index contributed by atoms with van der Waals surface area (Å²) in [6.07, 6.45) is 1.03. The molecule has 1 saturated carbocycles. The van der Waals surface area contributed by atoms with E-state index < -0.39 is 0 Å². The van der Waals surface area contributed by atoms with E-state index in [0.29, 0.717) is 5.92 Å². The Bertz CT molecular complexity index is 545. The number of nitrogens with zero attached hydrogens (tertiary/aromatic N) is 1. The van der Waals surface area contributed by atoms with Crippen LogP contribution < -0.4 is 0 Å². The summed E-state index contributed by atoms with van der Waals surface area (Å²) in [5.74, 6) is 0.719. The lowest BCUT2D eigenvalue weighted by Gasteiger charge is -2.04. The number of fused-ring (bicyclic) bond motifs is 1. The molecule has 0 amide bonds. The molecule has 0 N–H and O–H groups in total. The fourth-order valence-corrected chi connectivity index (χ4v) is 2.26. The van der Waals surface area contributed by atoms with E-state index in [4.69, 9.17) is 5.26 Å². The maximum atomic E-state index is 8.86. The van der Waals surface area contributed by atoms with E-state index >= 15 is 0 Å². The number of hydrogen-bond donors (Lipinski definition) is 0. The predicted molar refractivity (Wildman–Crippen MR) is 60.4 cm³/mol. The fraction of sp³-hybridized carbons (Fsp3) is 0.214. The summed E-state index contributed by atoms with van der Waals surface area (Å²) < 4.78 is 0. The van der Waals surface area contributed by atoms with Crippen molar-refractivity contribution in [3.63, 3.8) is 0 Å². The van der Waals surface area contributed by atoms with Gasteiger partial charge in [0.25, 0.3) is 0 Å². The van der Waals surface area contributed by atoms with Crippen molar-refractivity contribution in [1.82, 2.24) is 0 Å². The van der Waals surface area contributed by atoms with Crippen LogP contribution in [0, 0.1) is 17.2 Å². The van der Waals surface area contributed by atoms with Gasteiger partial charge < -0.3 is 0 Å². The van der Waals surface area contributed by atoms with E-state index in [1.165, 1.54) is 16.3 Å². The third-order valence-electron chi connectivity index (χ3n) is 3.18. The van der Waals surface area contributed by atoms with Crippen molar-refractivity contribution < 1.29 is 0 Å². The molecule has 3 rings (SSSR count). The standard InChI is InChI=1S/C14H11N/c15-9-11-8-14(11)13-7-3-5-10-4-1-2-6-12(10)13/h1-7,11,14H,8H2/t11-,14-/m0/s1. The zero-order valence-corrected chi connectivity index (χ0v) is 8.35. The van der Waals surface area contributed by atoms with E-state index in [9.17, 15) is 0 Å². The highest BCUT2D eigenvalue weighted by Crippen LogP contribution is 2.48. The largest absolute Gasteiger partial charge is 0.198 e. The van der Waals surface area contributed by atoms with Crippen LogP contribution in [-0.4, -0.2) is 0 Å². The molecule has 2 aromatic carbocycles. The maximum absolute atomic E-state index is 8.86. The van der Waals surface area contributed by atoms with Gasteiger partial charge in [-0.1, -0.05) is 42.5 Å². The van der Waals surface area contributed by atoms with Crippen molar-refractivity contribution in [2.45, 2.75) is 12.3 Å². The van der Waals surface area contributed by atoms with Crippen molar-refractivity contribution in [1.29, 1.82) is 5.26 Å². The lowest BCUT2D eigenvalue weighted by molar-refractivity contribution is 1.03. The molecule has 1 heteroatoms. The van der Waals surface area contributed by atoms with Crippen LogP contribution in [0.15, 0.2) is 42.5 Å². The minimum Gasteiger partial charge on any atom is -0.198 e. The third-order valence-corrected chi connectivity index (χ3v) is 3.18. The second kappa shape index (κ2) is 3.10. The van der Waals surface area contributed by atoms with Crippen LogP contribution in [0.4, 0.5) is 0 Å². The molecular formula is C14H11N. The Kier molecular flexibility index (Phi) is 1.76. The first-order valence-electron chi connectivity index (χ1n) is 5.27. The molecule has 0 spiro atoms. The van der Waals surface area contributed by atoms with Crippen molar-refractivity contribution in [3.05, 3.63) is 48.0 Å². The normalized spacial score (nSPS) is 23.7. The van der Waals surface area contributed by atoms with Crippen molar-refractivity contribution in [2.75, 3.05) is 0 Å². The molecule has 0 bridgehead atoms. The summed E-state index contributed by atoms with van der Waals surface area (Å²) in [7, 11) is 0. The Labute approximate surface area is 89.0 Å². The quantitative estimate of drug-likeness (QED) is 0.680. The number of benzene rings is 2. The van der Waals surface area contributed by atoms with Crippen LogP contribution in [-0.2, 0) is 0 Å². The summed E-state index contributed by atoms with van der Waals surface area (Å²) in [4.78, 5) is 0. The first-order valence-corrected chi connectivity index (χ1v) is 5.27. The van der Waals surface area contributed by atoms with Gasteiger partial charge >= 0.3 is 0 Å². The fourth-order valence-electron chi connectivity index (χ4n) is 2.26. The highest BCUT2D eigenvalue weighted by atomic mass is 14.4. The summed E-state index contributed by atoms with van der Waals surface area (Å²) in [5, 5.41) is 11.4. The van der Waals surface area contributed by atoms with E-state index in [1.54, 1.807) is 0 Å². The molecule has 0 aliphatic heterocycles. The Morgan fingerprint density at radius 1 is 1.07 bits per heavy atom. The van der Waals surface area contributed by atoms with Gasteiger partial charge in [-0.15, -0.1) is 0 Å². The lowest BCUT2D eigenvalue weighted by Crippen LogP contribution is -1.84. The Morgan fingerprint density at radius 2 is 1.87 bits per heavy atom. The van der Waals surface area contributed by atoms with Crippen LogP contribution in [0.1, 0.15) is 17.9 Å². The lowest BCUT2D eigenvalue weighted by atomic mass is 10.0. The highest BCUT2D eigenvalue weighted by Gasteiger charge is 2.39. The zero-order chi connectivity index (χ0) is 10.3. The molecule has 0 radical (unpaired) electrons. The summed E-state index contributed by atoms with van der Waals surface area (Å²) in [6, 6.07) is 17.1. The monoisotopic (exact) mass is 193 g/mol. The minimum absolute atomic E-state index is 0.246. The van der Waals surface area contributed by atoms with Crippen LogP contribution in [0.25, 0.3) is 10.8 Å². The number of rotatable bonds is 1. The summed E-state index contributed by atoms with van der Waals surface area (Å²) in [5.41, 5.74) is 1.35. The SMILES string of the molecule is N#C[C@@H]1C[C@@H]1c1cccc2ccccc12. The molecule has 72 valence electrons. The molecule has 1 nitrogen and oxygen atoms in total.